The lowest BCUT2D eigenvalue weighted by molar-refractivity contribution is 0.0814. The van der Waals surface area contributed by atoms with E-state index in [1.165, 1.54) is 44.5 Å². The van der Waals surface area contributed by atoms with Crippen LogP contribution in [0.3, 0.4) is 0 Å². The average molecular weight is 509 g/mol. The van der Waals surface area contributed by atoms with E-state index < -0.39 is 0 Å². The number of fused-ring (bicyclic) bond motifs is 6. The minimum atomic E-state index is -0.184. The summed E-state index contributed by atoms with van der Waals surface area (Å²) in [7, 11) is 7.00. The van der Waals surface area contributed by atoms with E-state index in [0.29, 0.717) is 26.4 Å². The van der Waals surface area contributed by atoms with Crippen LogP contribution in [0, 0.1) is 0 Å². The molecule has 4 heteroatoms. The van der Waals surface area contributed by atoms with Gasteiger partial charge in [-0.15, -0.1) is 0 Å². The number of methoxy groups -OCH3 is 4. The molecule has 0 saturated carbocycles. The predicted molar refractivity (Wildman–Crippen MR) is 153 cm³/mol. The molecule has 2 aliphatic rings. The van der Waals surface area contributed by atoms with Crippen molar-refractivity contribution < 1.29 is 18.9 Å². The summed E-state index contributed by atoms with van der Waals surface area (Å²) in [5, 5.41) is 0. The van der Waals surface area contributed by atoms with Crippen molar-refractivity contribution in [3.05, 3.63) is 119 Å². The molecule has 0 spiro atoms. The van der Waals surface area contributed by atoms with Gasteiger partial charge in [-0.3, -0.25) is 0 Å². The molecule has 0 atom stereocenters. The minimum Gasteiger partial charge on any atom is -0.383 e. The summed E-state index contributed by atoms with van der Waals surface area (Å²) in [5.74, 6) is 0. The van der Waals surface area contributed by atoms with Crippen LogP contribution in [-0.2, 0) is 29.8 Å². The molecule has 0 bridgehead atoms. The van der Waals surface area contributed by atoms with Crippen LogP contribution in [0.5, 0.6) is 0 Å². The van der Waals surface area contributed by atoms with Gasteiger partial charge in [-0.05, 0) is 44.5 Å². The van der Waals surface area contributed by atoms with Crippen molar-refractivity contribution in [3.8, 4) is 22.3 Å². The maximum Gasteiger partial charge on any atom is 0.0681 e. The van der Waals surface area contributed by atoms with Gasteiger partial charge >= 0.3 is 0 Å². The Balaban J connectivity index is 0.000000155. The first kappa shape index (κ1) is 26.3. The monoisotopic (exact) mass is 508 g/mol. The van der Waals surface area contributed by atoms with Crippen molar-refractivity contribution >= 4 is 0 Å². The third-order valence-electron chi connectivity index (χ3n) is 7.91. The van der Waals surface area contributed by atoms with E-state index in [4.69, 9.17) is 18.9 Å². The Kier molecular flexibility index (Phi) is 7.78. The summed E-state index contributed by atoms with van der Waals surface area (Å²) in [6.45, 7) is 2.54. The summed E-state index contributed by atoms with van der Waals surface area (Å²) in [4.78, 5) is 0. The molecule has 196 valence electrons. The summed E-state index contributed by atoms with van der Waals surface area (Å²) in [6.07, 6.45) is 0. The second kappa shape index (κ2) is 11.2. The highest BCUT2D eigenvalue weighted by Gasteiger charge is 2.44. The third-order valence-corrected chi connectivity index (χ3v) is 7.91. The maximum absolute atomic E-state index is 5.52. The van der Waals surface area contributed by atoms with Gasteiger partial charge in [-0.1, -0.05) is 97.1 Å². The zero-order valence-electron chi connectivity index (χ0n) is 22.7. The zero-order valence-corrected chi connectivity index (χ0v) is 22.7. The van der Waals surface area contributed by atoms with E-state index in [9.17, 15) is 0 Å². The molecule has 0 saturated heterocycles. The van der Waals surface area contributed by atoms with Gasteiger partial charge in [-0.2, -0.15) is 0 Å². The Morgan fingerprint density at radius 3 is 0.789 bits per heavy atom. The predicted octanol–water partition coefficient (Wildman–Crippen LogP) is 6.49. The van der Waals surface area contributed by atoms with Gasteiger partial charge < -0.3 is 18.9 Å². The van der Waals surface area contributed by atoms with E-state index in [-0.39, 0.29) is 10.8 Å². The summed E-state index contributed by atoms with van der Waals surface area (Å²) < 4.78 is 22.1. The summed E-state index contributed by atoms with van der Waals surface area (Å²) in [6, 6.07) is 34.2. The highest BCUT2D eigenvalue weighted by atomic mass is 16.5. The summed E-state index contributed by atoms with van der Waals surface area (Å²) in [5.41, 5.74) is 10.0. The van der Waals surface area contributed by atoms with Crippen molar-refractivity contribution in [2.75, 3.05) is 54.9 Å². The van der Waals surface area contributed by atoms with Crippen LogP contribution in [0.4, 0.5) is 0 Å². The molecule has 0 aromatic heterocycles. The van der Waals surface area contributed by atoms with Gasteiger partial charge in [0.2, 0.25) is 0 Å². The smallest absolute Gasteiger partial charge is 0.0681 e. The normalized spacial score (nSPS) is 15.1. The largest absolute Gasteiger partial charge is 0.383 e. The maximum atomic E-state index is 5.52. The lowest BCUT2D eigenvalue weighted by Crippen LogP contribution is -2.35. The number of hydrogen-bond acceptors (Lipinski definition) is 4. The van der Waals surface area contributed by atoms with Crippen LogP contribution in [0.15, 0.2) is 97.1 Å². The highest BCUT2D eigenvalue weighted by Crippen LogP contribution is 2.50. The van der Waals surface area contributed by atoms with Gasteiger partial charge in [0, 0.05) is 28.4 Å². The molecule has 0 aliphatic heterocycles. The van der Waals surface area contributed by atoms with Crippen LogP contribution in [0.25, 0.3) is 22.3 Å². The van der Waals surface area contributed by atoms with E-state index >= 15 is 0 Å². The SMILES string of the molecule is COCC1(COC)c2ccccc2-c2ccccc21.COCC1(COC)c2ccccc2-c2ccccc21. The molecular formula is C34H36O4. The highest BCUT2D eigenvalue weighted by molar-refractivity contribution is 5.82. The molecule has 38 heavy (non-hydrogen) atoms. The molecule has 4 aromatic carbocycles. The Bertz CT molecular complexity index is 1180. The van der Waals surface area contributed by atoms with Crippen LogP contribution in [0.2, 0.25) is 0 Å². The van der Waals surface area contributed by atoms with E-state index in [1.807, 2.05) is 0 Å². The molecule has 6 rings (SSSR count). The van der Waals surface area contributed by atoms with Crippen molar-refractivity contribution in [1.29, 1.82) is 0 Å². The molecule has 0 amide bonds. The van der Waals surface area contributed by atoms with Gasteiger partial charge in [0.25, 0.3) is 0 Å². The van der Waals surface area contributed by atoms with Gasteiger partial charge in [0.1, 0.15) is 0 Å². The number of benzene rings is 4. The Labute approximate surface area is 226 Å². The van der Waals surface area contributed by atoms with Crippen molar-refractivity contribution in [3.63, 3.8) is 0 Å². The van der Waals surface area contributed by atoms with Gasteiger partial charge in [0.05, 0.1) is 37.3 Å². The van der Waals surface area contributed by atoms with E-state index in [2.05, 4.69) is 97.1 Å². The molecule has 4 nitrogen and oxygen atoms in total. The molecule has 0 N–H and O–H groups in total. The molecule has 0 radical (unpaired) electrons. The van der Waals surface area contributed by atoms with Gasteiger partial charge in [-0.25, -0.2) is 0 Å². The Morgan fingerprint density at radius 2 is 0.579 bits per heavy atom. The molecular weight excluding hydrogens is 472 g/mol. The molecule has 0 fully saturated rings. The lowest BCUT2D eigenvalue weighted by atomic mass is 9.79. The van der Waals surface area contributed by atoms with Gasteiger partial charge in [0.15, 0.2) is 0 Å². The first-order valence-electron chi connectivity index (χ1n) is 13.0. The van der Waals surface area contributed by atoms with E-state index in [0.717, 1.165) is 0 Å². The fourth-order valence-electron chi connectivity index (χ4n) is 6.52. The van der Waals surface area contributed by atoms with Crippen molar-refractivity contribution in [2.45, 2.75) is 10.8 Å². The Morgan fingerprint density at radius 1 is 0.368 bits per heavy atom. The number of ether oxygens (including phenoxy) is 4. The molecule has 2 aliphatic carbocycles. The Hall–Kier alpha value is -3.28. The molecule has 4 aromatic rings. The zero-order chi connectivity index (χ0) is 26.6. The van der Waals surface area contributed by atoms with Crippen LogP contribution in [-0.4, -0.2) is 54.9 Å². The van der Waals surface area contributed by atoms with Crippen LogP contribution in [0.1, 0.15) is 22.3 Å². The molecule has 0 unspecified atom stereocenters. The first-order chi connectivity index (χ1) is 18.7. The number of hydrogen-bond donors (Lipinski definition) is 0. The van der Waals surface area contributed by atoms with Crippen LogP contribution >= 0.6 is 0 Å². The van der Waals surface area contributed by atoms with Crippen molar-refractivity contribution in [1.82, 2.24) is 0 Å². The van der Waals surface area contributed by atoms with Crippen LogP contribution < -0.4 is 0 Å². The van der Waals surface area contributed by atoms with E-state index in [1.54, 1.807) is 28.4 Å². The molecule has 0 heterocycles. The third kappa shape index (κ3) is 4.18. The quantitative estimate of drug-likeness (QED) is 0.273. The minimum absolute atomic E-state index is 0.184. The lowest BCUT2D eigenvalue weighted by Gasteiger charge is -2.30. The first-order valence-corrected chi connectivity index (χ1v) is 13.0. The average Bonchev–Trinajstić information content (AvgIpc) is 3.39. The second-order valence-electron chi connectivity index (χ2n) is 10.1. The van der Waals surface area contributed by atoms with Crippen molar-refractivity contribution in [2.24, 2.45) is 0 Å². The number of rotatable bonds is 8. The second-order valence-corrected chi connectivity index (χ2v) is 10.1. The fraction of sp³-hybridized carbons (Fsp3) is 0.294. The summed E-state index contributed by atoms with van der Waals surface area (Å²) >= 11 is 0. The topological polar surface area (TPSA) is 36.9 Å². The fourth-order valence-corrected chi connectivity index (χ4v) is 6.52. The standard InChI is InChI=1S/2C17H18O2/c2*1-18-11-17(12-19-2)15-9-5-3-7-13(15)14-8-4-6-10-16(14)17/h2*3-10H,11-12H2,1-2H3.